The Hall–Kier alpha value is -4.16. The van der Waals surface area contributed by atoms with Crippen molar-refractivity contribution in [2.75, 3.05) is 0 Å². The zero-order valence-corrected chi connectivity index (χ0v) is 16.4. The van der Waals surface area contributed by atoms with Crippen LogP contribution in [-0.2, 0) is 0 Å². The van der Waals surface area contributed by atoms with Crippen molar-refractivity contribution in [1.29, 1.82) is 0 Å². The van der Waals surface area contributed by atoms with E-state index >= 15 is 0 Å². The second-order valence-corrected chi connectivity index (χ2v) is 6.87. The van der Waals surface area contributed by atoms with Gasteiger partial charge in [-0.3, -0.25) is 0 Å². The van der Waals surface area contributed by atoms with Crippen LogP contribution in [0.1, 0.15) is 23.3 Å². The summed E-state index contributed by atoms with van der Waals surface area (Å²) in [5.74, 6) is 0. The zero-order valence-electron chi connectivity index (χ0n) is 33.4. The van der Waals surface area contributed by atoms with Crippen LogP contribution >= 0.6 is 0 Å². The monoisotopic (exact) mass is 423 g/mol. The molecule has 0 saturated carbocycles. The number of fused-ring (bicyclic) bond motifs is 2. The Morgan fingerprint density at radius 2 is 0.750 bits per heavy atom. The predicted octanol–water partition coefficient (Wildman–Crippen LogP) is 8.99. The second kappa shape index (κ2) is 7.83. The highest BCUT2D eigenvalue weighted by Gasteiger charge is 2.16. The zero-order chi connectivity index (χ0) is 36.1. The van der Waals surface area contributed by atoms with Crippen LogP contribution in [0.3, 0.4) is 0 Å². The van der Waals surface area contributed by atoms with E-state index in [0.29, 0.717) is 5.56 Å². The molecule has 0 bridgehead atoms. The van der Waals surface area contributed by atoms with Crippen molar-refractivity contribution >= 4 is 21.5 Å². The van der Waals surface area contributed by atoms with Gasteiger partial charge in [-0.15, -0.1) is 0 Å². The highest BCUT2D eigenvalue weighted by molar-refractivity contribution is 6.21. The molecule has 0 atom stereocenters. The SMILES string of the molecule is [2H]c1c([2H])c([2H])c(-c2c3c([2H])c([2H])c([2H])c([2H])c3c(-c3c([2H])c([2H])c(-c4ccccc4)c([2H])c3[2H])c3c([2H])c([2H])c([2H])c([2H])c23)c([2H])c1[2H]. The van der Waals surface area contributed by atoms with Crippen LogP contribution in [0.5, 0.6) is 0 Å². The molecular formula is C32H22. The van der Waals surface area contributed by atoms with Gasteiger partial charge in [0.1, 0.15) is 0 Å². The van der Waals surface area contributed by atoms with Crippen LogP contribution in [0.2, 0.25) is 0 Å². The van der Waals surface area contributed by atoms with Crippen molar-refractivity contribution in [3.8, 4) is 33.4 Å². The maximum Gasteiger partial charge on any atom is 0.0629 e. The number of hydrogen-bond acceptors (Lipinski definition) is 0. The Morgan fingerprint density at radius 3 is 1.25 bits per heavy atom. The molecule has 0 aliphatic rings. The highest BCUT2D eigenvalue weighted by atomic mass is 14.2. The number of benzene rings is 6. The van der Waals surface area contributed by atoms with E-state index in [0.717, 1.165) is 0 Å². The van der Waals surface area contributed by atoms with E-state index in [4.69, 9.17) is 23.3 Å². The van der Waals surface area contributed by atoms with E-state index in [1.807, 2.05) is 0 Å². The minimum absolute atomic E-state index is 0.0764. The summed E-state index contributed by atoms with van der Waals surface area (Å²) < 4.78 is 148. The number of hydrogen-bond donors (Lipinski definition) is 0. The molecule has 6 aromatic rings. The van der Waals surface area contributed by atoms with E-state index in [1.54, 1.807) is 30.3 Å². The third-order valence-corrected chi connectivity index (χ3v) is 5.06. The van der Waals surface area contributed by atoms with Gasteiger partial charge < -0.3 is 0 Å². The Balaban J connectivity index is 2.03. The molecule has 0 aliphatic carbocycles. The first-order valence-corrected chi connectivity index (χ1v) is 9.66. The van der Waals surface area contributed by atoms with Gasteiger partial charge in [-0.2, -0.15) is 0 Å². The molecule has 0 spiro atoms. The maximum absolute atomic E-state index is 9.11. The molecule has 0 amide bonds. The average molecular weight is 424 g/mol. The van der Waals surface area contributed by atoms with E-state index in [-0.39, 0.29) is 5.56 Å². The van der Waals surface area contributed by atoms with E-state index in [9.17, 15) is 0 Å². The minimum atomic E-state index is -0.809. The van der Waals surface area contributed by atoms with Gasteiger partial charge >= 0.3 is 0 Å². The first-order valence-electron chi connectivity index (χ1n) is 18.2. The summed E-state index contributed by atoms with van der Waals surface area (Å²) in [6.07, 6.45) is 0. The Kier molecular flexibility index (Phi) is 1.98. The van der Waals surface area contributed by atoms with Crippen molar-refractivity contribution in [1.82, 2.24) is 0 Å². The van der Waals surface area contributed by atoms with Crippen LogP contribution in [0.4, 0.5) is 0 Å². The fourth-order valence-electron chi connectivity index (χ4n) is 3.69. The highest BCUT2D eigenvalue weighted by Crippen LogP contribution is 2.43. The molecule has 0 N–H and O–H groups in total. The van der Waals surface area contributed by atoms with E-state index in [1.165, 1.54) is 0 Å². The van der Waals surface area contributed by atoms with Crippen LogP contribution < -0.4 is 0 Å². The first kappa shape index (κ1) is 8.07. The van der Waals surface area contributed by atoms with Gasteiger partial charge in [0.25, 0.3) is 0 Å². The molecule has 150 valence electrons. The van der Waals surface area contributed by atoms with Crippen LogP contribution in [-0.4, -0.2) is 0 Å². The smallest absolute Gasteiger partial charge is 0.0622 e. The summed E-state index contributed by atoms with van der Waals surface area (Å²) >= 11 is 0. The molecule has 0 heteroatoms. The Labute approximate surface area is 212 Å². The fraction of sp³-hybridized carbons (Fsp3) is 0. The molecule has 0 aliphatic heterocycles. The number of rotatable bonds is 3. The van der Waals surface area contributed by atoms with Crippen molar-refractivity contribution < 1.29 is 23.3 Å². The summed E-state index contributed by atoms with van der Waals surface area (Å²) in [7, 11) is 0. The second-order valence-electron chi connectivity index (χ2n) is 6.87. The molecule has 32 heavy (non-hydrogen) atoms. The van der Waals surface area contributed by atoms with Gasteiger partial charge in [-0.1, -0.05) is 133 Å². The lowest BCUT2D eigenvalue weighted by atomic mass is 9.86. The van der Waals surface area contributed by atoms with Crippen molar-refractivity contribution in [3.63, 3.8) is 0 Å². The standard InChI is InChI=1S/C32H22/c1-3-11-23(12-4-1)24-19-21-26(22-20-24)32-29-17-9-7-15-27(29)31(25-13-5-2-6-14-25)28-16-8-10-18-30(28)32/h1-22H/i2D,5D,6D,7D,8D,9D,10D,13D,14D,15D,16D,17D,18D,19D,20D,21D,22D. The fourth-order valence-corrected chi connectivity index (χ4v) is 3.69. The molecular weight excluding hydrogens is 384 g/mol. The van der Waals surface area contributed by atoms with Gasteiger partial charge in [-0.25, -0.2) is 0 Å². The van der Waals surface area contributed by atoms with Gasteiger partial charge in [0.05, 0.1) is 23.3 Å². The summed E-state index contributed by atoms with van der Waals surface area (Å²) in [5, 5.41) is -1.97. The molecule has 6 rings (SSSR count). The van der Waals surface area contributed by atoms with Crippen LogP contribution in [0, 0.1) is 0 Å². The summed E-state index contributed by atoms with van der Waals surface area (Å²) in [6, 6.07) is -4.61. The third-order valence-electron chi connectivity index (χ3n) is 5.06. The van der Waals surface area contributed by atoms with Gasteiger partial charge in [0, 0.05) is 0 Å². The predicted molar refractivity (Wildman–Crippen MR) is 138 cm³/mol. The lowest BCUT2D eigenvalue weighted by molar-refractivity contribution is 1.61. The van der Waals surface area contributed by atoms with Crippen molar-refractivity contribution in [2.45, 2.75) is 0 Å². The van der Waals surface area contributed by atoms with Crippen molar-refractivity contribution in [3.05, 3.63) is 133 Å². The summed E-state index contributed by atoms with van der Waals surface area (Å²) in [5.41, 5.74) is -1.81. The van der Waals surface area contributed by atoms with Crippen LogP contribution in [0.25, 0.3) is 54.9 Å². The molecule has 0 aromatic heterocycles. The molecule has 0 nitrogen and oxygen atoms in total. The van der Waals surface area contributed by atoms with Gasteiger partial charge in [-0.05, 0) is 54.9 Å². The van der Waals surface area contributed by atoms with Gasteiger partial charge in [0.15, 0.2) is 0 Å². The van der Waals surface area contributed by atoms with Crippen molar-refractivity contribution in [2.24, 2.45) is 0 Å². The maximum atomic E-state index is 9.11. The lowest BCUT2D eigenvalue weighted by Gasteiger charge is -2.18. The van der Waals surface area contributed by atoms with E-state index in [2.05, 4.69) is 0 Å². The summed E-state index contributed by atoms with van der Waals surface area (Å²) in [4.78, 5) is 0. The lowest BCUT2D eigenvalue weighted by Crippen LogP contribution is -1.90. The van der Waals surface area contributed by atoms with Gasteiger partial charge in [0.2, 0.25) is 0 Å². The van der Waals surface area contributed by atoms with Crippen LogP contribution in [0.15, 0.2) is 133 Å². The molecule has 0 fully saturated rings. The Bertz CT molecular complexity index is 2310. The van der Waals surface area contributed by atoms with E-state index < -0.39 is 147 Å². The molecule has 0 heterocycles. The normalized spacial score (nSPS) is 18.6. The average Bonchev–Trinajstić information content (AvgIpc) is 3.09. The Morgan fingerprint density at radius 1 is 0.344 bits per heavy atom. The quantitative estimate of drug-likeness (QED) is 0.249. The topological polar surface area (TPSA) is 0 Å². The first-order chi connectivity index (χ1) is 23.0. The minimum Gasteiger partial charge on any atom is -0.0622 e. The molecule has 0 radical (unpaired) electrons. The molecule has 6 aromatic carbocycles. The molecule has 0 saturated heterocycles. The summed E-state index contributed by atoms with van der Waals surface area (Å²) in [6.45, 7) is 0. The third kappa shape index (κ3) is 3.09. The molecule has 0 unspecified atom stereocenters. The largest absolute Gasteiger partial charge is 0.0629 e.